The molecule has 0 fully saturated rings. The second kappa shape index (κ2) is 13.1. The summed E-state index contributed by atoms with van der Waals surface area (Å²) in [6, 6.07) is 0. The Labute approximate surface area is 138 Å². The van der Waals surface area contributed by atoms with Gasteiger partial charge in [0.15, 0.2) is 11.9 Å². The van der Waals surface area contributed by atoms with Crippen molar-refractivity contribution in [2.24, 2.45) is 0 Å². The minimum atomic E-state index is -0.789. The predicted molar refractivity (Wildman–Crippen MR) is 95.0 cm³/mol. The fraction of sp³-hybridized carbons (Fsp3) is 0.947. The lowest BCUT2D eigenvalue weighted by atomic mass is 10.0. The molecule has 0 saturated carbocycles. The number of hydrogen-bond acceptors (Lipinski definition) is 2. The third-order valence-corrected chi connectivity index (χ3v) is 4.12. The number of aliphatic hydroxyl groups excluding tert-OH is 1. The van der Waals surface area contributed by atoms with Crippen molar-refractivity contribution < 1.29 is 14.4 Å². The van der Waals surface area contributed by atoms with Gasteiger partial charge in [0, 0.05) is 6.42 Å². The van der Waals surface area contributed by atoms with Crippen molar-refractivity contribution in [2.75, 3.05) is 27.7 Å². The highest BCUT2D eigenvalue weighted by molar-refractivity contribution is 5.82. The Morgan fingerprint density at radius 1 is 0.818 bits per heavy atom. The molecular formula is C19H40NO2+. The zero-order valence-corrected chi connectivity index (χ0v) is 15.6. The molecule has 0 aliphatic heterocycles. The number of carbonyl (C=O) groups excluding carboxylic acids is 1. The van der Waals surface area contributed by atoms with Gasteiger partial charge in [0.2, 0.25) is 0 Å². The first-order valence-corrected chi connectivity index (χ1v) is 9.38. The maximum atomic E-state index is 11.8. The number of rotatable bonds is 15. The van der Waals surface area contributed by atoms with Crippen molar-refractivity contribution >= 4 is 5.78 Å². The van der Waals surface area contributed by atoms with Crippen LogP contribution in [0.2, 0.25) is 0 Å². The average molecular weight is 315 g/mol. The lowest BCUT2D eigenvalue weighted by molar-refractivity contribution is -0.872. The van der Waals surface area contributed by atoms with Crippen molar-refractivity contribution in [3.05, 3.63) is 0 Å². The molecule has 0 bridgehead atoms. The summed E-state index contributed by atoms with van der Waals surface area (Å²) in [7, 11) is 6.00. The van der Waals surface area contributed by atoms with E-state index in [4.69, 9.17) is 0 Å². The lowest BCUT2D eigenvalue weighted by Crippen LogP contribution is -2.44. The minimum absolute atomic E-state index is 0.0176. The van der Waals surface area contributed by atoms with Crippen LogP contribution in [0.3, 0.4) is 0 Å². The molecule has 0 spiro atoms. The molecule has 0 rings (SSSR count). The van der Waals surface area contributed by atoms with Crippen molar-refractivity contribution in [2.45, 2.75) is 90.1 Å². The van der Waals surface area contributed by atoms with Gasteiger partial charge in [0.1, 0.15) is 6.54 Å². The Kier molecular flexibility index (Phi) is 12.8. The van der Waals surface area contributed by atoms with Crippen molar-refractivity contribution in [3.63, 3.8) is 0 Å². The van der Waals surface area contributed by atoms with E-state index in [-0.39, 0.29) is 5.78 Å². The van der Waals surface area contributed by atoms with Crippen LogP contribution in [0, 0.1) is 0 Å². The van der Waals surface area contributed by atoms with Gasteiger partial charge in [0.25, 0.3) is 0 Å². The highest BCUT2D eigenvalue weighted by Crippen LogP contribution is 2.12. The molecule has 3 nitrogen and oxygen atoms in total. The number of hydrogen-bond donors (Lipinski definition) is 1. The molecule has 132 valence electrons. The molecule has 0 aromatic rings. The van der Waals surface area contributed by atoms with Crippen LogP contribution in [0.15, 0.2) is 0 Å². The Balaban J connectivity index is 3.37. The minimum Gasteiger partial charge on any atom is -0.380 e. The van der Waals surface area contributed by atoms with Gasteiger partial charge in [-0.25, -0.2) is 0 Å². The summed E-state index contributed by atoms with van der Waals surface area (Å²) in [5, 5.41) is 9.85. The topological polar surface area (TPSA) is 37.3 Å². The van der Waals surface area contributed by atoms with Gasteiger partial charge in [-0.3, -0.25) is 4.79 Å². The Morgan fingerprint density at radius 3 is 1.64 bits per heavy atom. The van der Waals surface area contributed by atoms with E-state index < -0.39 is 6.10 Å². The first-order chi connectivity index (χ1) is 10.4. The van der Waals surface area contributed by atoms with E-state index in [0.717, 1.165) is 12.8 Å². The summed E-state index contributed by atoms with van der Waals surface area (Å²) >= 11 is 0. The Morgan fingerprint density at radius 2 is 1.23 bits per heavy atom. The van der Waals surface area contributed by atoms with Crippen LogP contribution in [0.4, 0.5) is 0 Å². The normalized spacial score (nSPS) is 13.3. The molecule has 3 heteroatoms. The number of Topliss-reactive ketones (excluding diaryl/α,β-unsaturated/α-hetero) is 1. The van der Waals surface area contributed by atoms with Crippen LogP contribution >= 0.6 is 0 Å². The predicted octanol–water partition coefficient (Wildman–Crippen LogP) is 4.32. The third kappa shape index (κ3) is 14.5. The summed E-state index contributed by atoms with van der Waals surface area (Å²) < 4.78 is 0.630. The molecule has 0 aromatic carbocycles. The molecule has 0 radical (unpaired) electrons. The number of nitrogens with zero attached hydrogens (tertiary/aromatic N) is 1. The standard InChI is InChI=1S/C19H40NO2/c1-5-6-7-8-9-10-11-12-13-14-15-16-18(21)19(22)17-20(2,3)4/h19,22H,5-17H2,1-4H3/q+1. The first kappa shape index (κ1) is 21.6. The molecular weight excluding hydrogens is 274 g/mol. The first-order valence-electron chi connectivity index (χ1n) is 9.38. The maximum absolute atomic E-state index is 11.8. The van der Waals surface area contributed by atoms with Gasteiger partial charge < -0.3 is 9.59 Å². The summed E-state index contributed by atoms with van der Waals surface area (Å²) in [6.07, 6.45) is 13.9. The molecule has 22 heavy (non-hydrogen) atoms. The van der Waals surface area contributed by atoms with E-state index in [0.29, 0.717) is 17.4 Å². The second-order valence-electron chi connectivity index (χ2n) is 7.74. The third-order valence-electron chi connectivity index (χ3n) is 4.12. The fourth-order valence-corrected chi connectivity index (χ4v) is 2.75. The summed E-state index contributed by atoms with van der Waals surface area (Å²) in [4.78, 5) is 11.8. The van der Waals surface area contributed by atoms with Crippen LogP contribution < -0.4 is 0 Å². The quantitative estimate of drug-likeness (QED) is 0.361. The monoisotopic (exact) mass is 314 g/mol. The van der Waals surface area contributed by atoms with Crippen molar-refractivity contribution in [1.82, 2.24) is 0 Å². The van der Waals surface area contributed by atoms with Crippen molar-refractivity contribution in [1.29, 1.82) is 0 Å². The molecule has 0 amide bonds. The van der Waals surface area contributed by atoms with Gasteiger partial charge in [0.05, 0.1) is 21.1 Å². The number of likely N-dealkylation sites (N-methyl/N-ethyl adjacent to an activating group) is 1. The SMILES string of the molecule is CCCCCCCCCCCCCC(=O)C(O)C[N+](C)(C)C. The molecule has 0 aliphatic carbocycles. The Hall–Kier alpha value is -0.410. The molecule has 1 atom stereocenters. The van der Waals surface area contributed by atoms with Crippen LogP contribution in [-0.2, 0) is 4.79 Å². The second-order valence-corrected chi connectivity index (χ2v) is 7.74. The van der Waals surface area contributed by atoms with E-state index in [1.807, 2.05) is 21.1 Å². The fourth-order valence-electron chi connectivity index (χ4n) is 2.75. The van der Waals surface area contributed by atoms with E-state index in [1.54, 1.807) is 0 Å². The summed E-state index contributed by atoms with van der Waals surface area (Å²) in [6.45, 7) is 2.77. The van der Waals surface area contributed by atoms with Gasteiger partial charge in [-0.05, 0) is 6.42 Å². The van der Waals surface area contributed by atoms with Crippen LogP contribution in [-0.4, -0.2) is 49.2 Å². The largest absolute Gasteiger partial charge is 0.380 e. The molecule has 1 unspecified atom stereocenters. The van der Waals surface area contributed by atoms with Crippen molar-refractivity contribution in [3.8, 4) is 0 Å². The van der Waals surface area contributed by atoms with Crippen LogP contribution in [0.1, 0.15) is 84.0 Å². The number of aliphatic hydroxyl groups is 1. The van der Waals surface area contributed by atoms with E-state index in [9.17, 15) is 9.90 Å². The Bertz CT molecular complexity index is 271. The highest BCUT2D eigenvalue weighted by Gasteiger charge is 2.21. The average Bonchev–Trinajstić information content (AvgIpc) is 2.42. The number of unbranched alkanes of at least 4 members (excludes halogenated alkanes) is 10. The molecule has 0 heterocycles. The zero-order chi connectivity index (χ0) is 16.8. The van der Waals surface area contributed by atoms with Crippen LogP contribution in [0.5, 0.6) is 0 Å². The highest BCUT2D eigenvalue weighted by atomic mass is 16.3. The van der Waals surface area contributed by atoms with E-state index in [2.05, 4.69) is 6.92 Å². The smallest absolute Gasteiger partial charge is 0.167 e. The molecule has 1 N–H and O–H groups in total. The summed E-state index contributed by atoms with van der Waals surface area (Å²) in [5.74, 6) is 0.0176. The maximum Gasteiger partial charge on any atom is 0.167 e. The van der Waals surface area contributed by atoms with E-state index >= 15 is 0 Å². The summed E-state index contributed by atoms with van der Waals surface area (Å²) in [5.41, 5.74) is 0. The lowest BCUT2D eigenvalue weighted by Gasteiger charge is -2.26. The van der Waals surface area contributed by atoms with Gasteiger partial charge in [-0.15, -0.1) is 0 Å². The van der Waals surface area contributed by atoms with E-state index in [1.165, 1.54) is 57.8 Å². The molecule has 0 aromatic heterocycles. The van der Waals surface area contributed by atoms with Crippen LogP contribution in [0.25, 0.3) is 0 Å². The van der Waals surface area contributed by atoms with Gasteiger partial charge >= 0.3 is 0 Å². The number of quaternary nitrogens is 1. The van der Waals surface area contributed by atoms with Gasteiger partial charge in [-0.1, -0.05) is 71.1 Å². The molecule has 0 aliphatic rings. The zero-order valence-electron chi connectivity index (χ0n) is 15.6. The molecule has 0 saturated heterocycles. The van der Waals surface area contributed by atoms with Gasteiger partial charge in [-0.2, -0.15) is 0 Å². The number of carbonyl (C=O) groups is 1. The number of ketones is 1.